The molecule has 0 unspecified atom stereocenters. The van der Waals surface area contributed by atoms with Gasteiger partial charge in [0.25, 0.3) is 0 Å². The van der Waals surface area contributed by atoms with E-state index in [1.165, 1.54) is 38.5 Å². The predicted molar refractivity (Wildman–Crippen MR) is 107 cm³/mol. The molecule has 0 bridgehead atoms. The molecule has 0 spiro atoms. The molecule has 29 heavy (non-hydrogen) atoms. The van der Waals surface area contributed by atoms with E-state index in [1.807, 2.05) is 15.9 Å². The van der Waals surface area contributed by atoms with E-state index in [2.05, 4.69) is 6.92 Å². The average Bonchev–Trinajstić information content (AvgIpc) is 2.67. The van der Waals surface area contributed by atoms with Crippen molar-refractivity contribution in [1.29, 1.82) is 0 Å². The van der Waals surface area contributed by atoms with Gasteiger partial charge in [-0.15, -0.1) is 0 Å². The maximum absolute atomic E-state index is 14.0. The Hall–Kier alpha value is -0.660. The molecule has 1 aromatic carbocycles. The van der Waals surface area contributed by atoms with Gasteiger partial charge in [-0.3, -0.25) is 0 Å². The van der Waals surface area contributed by atoms with Gasteiger partial charge in [0.05, 0.1) is 13.2 Å². The van der Waals surface area contributed by atoms with Crippen molar-refractivity contribution in [2.45, 2.75) is 69.4 Å². The third kappa shape index (κ3) is 5.95. The number of alkyl halides is 3. The summed E-state index contributed by atoms with van der Waals surface area (Å²) in [6, 6.07) is 1.72. The van der Waals surface area contributed by atoms with Crippen LogP contribution >= 0.6 is 15.9 Å². The molecule has 1 aliphatic carbocycles. The molecule has 1 saturated heterocycles. The molecule has 1 heterocycles. The summed E-state index contributed by atoms with van der Waals surface area (Å²) in [5.41, 5.74) is -1.22. The second-order valence-electron chi connectivity index (χ2n) is 8.39. The van der Waals surface area contributed by atoms with Crippen LogP contribution in [0.4, 0.5) is 17.6 Å². The Morgan fingerprint density at radius 1 is 0.966 bits per heavy atom. The van der Waals surface area contributed by atoms with Crippen LogP contribution in [0.2, 0.25) is 0 Å². The Balaban J connectivity index is 1.51. The van der Waals surface area contributed by atoms with Gasteiger partial charge in [-0.25, -0.2) is 8.78 Å². The molecule has 2 nitrogen and oxygen atoms in total. The molecule has 1 aromatic rings. The maximum atomic E-state index is 14.0. The maximum Gasteiger partial charge on any atom is 0.332 e. The molecule has 164 valence electrons. The first-order valence-electron chi connectivity index (χ1n) is 10.6. The van der Waals surface area contributed by atoms with Gasteiger partial charge in [0, 0.05) is 11.5 Å². The van der Waals surface area contributed by atoms with Gasteiger partial charge in [0.2, 0.25) is 0 Å². The molecule has 0 radical (unpaired) electrons. The van der Waals surface area contributed by atoms with E-state index in [0.717, 1.165) is 30.9 Å². The van der Waals surface area contributed by atoms with Crippen LogP contribution in [-0.4, -0.2) is 13.2 Å². The van der Waals surface area contributed by atoms with Crippen LogP contribution in [0, 0.1) is 29.4 Å². The zero-order valence-corrected chi connectivity index (χ0v) is 18.3. The highest BCUT2D eigenvalue weighted by Gasteiger charge is 2.37. The van der Waals surface area contributed by atoms with Crippen molar-refractivity contribution in [1.82, 2.24) is 0 Å². The minimum absolute atomic E-state index is 0.0820. The first-order valence-corrected chi connectivity index (χ1v) is 11.4. The van der Waals surface area contributed by atoms with Gasteiger partial charge >= 0.3 is 4.83 Å². The molecule has 0 amide bonds. The summed E-state index contributed by atoms with van der Waals surface area (Å²) in [5.74, 6) is -1.01. The smallest absolute Gasteiger partial charge is 0.332 e. The van der Waals surface area contributed by atoms with Crippen molar-refractivity contribution >= 4 is 15.9 Å². The molecular formula is C22H29BrF4O2. The number of benzene rings is 1. The Bertz CT molecular complexity index is 640. The number of hydrogen-bond donors (Lipinski definition) is 0. The number of hydrogen-bond acceptors (Lipinski definition) is 2. The van der Waals surface area contributed by atoms with Gasteiger partial charge in [-0.1, -0.05) is 45.4 Å². The Kier molecular flexibility index (Phi) is 8.01. The summed E-state index contributed by atoms with van der Waals surface area (Å²) in [6.45, 7) is 3.13. The molecular weight excluding hydrogens is 452 g/mol. The highest BCUT2D eigenvalue weighted by atomic mass is 79.9. The number of rotatable bonds is 7. The summed E-state index contributed by atoms with van der Waals surface area (Å²) in [5, 5.41) is 0. The van der Waals surface area contributed by atoms with Crippen LogP contribution in [0.25, 0.3) is 0 Å². The summed E-state index contributed by atoms with van der Waals surface area (Å²) < 4.78 is 66.1. The van der Waals surface area contributed by atoms with E-state index in [-0.39, 0.29) is 11.5 Å². The lowest BCUT2D eigenvalue weighted by Gasteiger charge is -2.38. The number of unbranched alkanes of at least 4 members (excludes halogenated alkanes) is 2. The minimum atomic E-state index is -3.77. The van der Waals surface area contributed by atoms with Crippen LogP contribution in [0.5, 0.6) is 0 Å². The standard InChI is InChI=1S/C22H29BrF4O2/c1-2-3-4-5-14-6-8-15(9-7-14)17-12-28-21(29-13-17)16-10-18(24)20(19(25)11-16)22(23,26)27/h10-11,14-15,17,21H,2-9,12-13H2,1H3. The molecule has 0 N–H and O–H groups in total. The summed E-state index contributed by atoms with van der Waals surface area (Å²) in [6.07, 6.45) is 9.08. The summed E-state index contributed by atoms with van der Waals surface area (Å²) in [7, 11) is 0. The van der Waals surface area contributed by atoms with Crippen LogP contribution in [0.1, 0.15) is 75.7 Å². The Morgan fingerprint density at radius 3 is 2.07 bits per heavy atom. The second kappa shape index (κ2) is 10.1. The quantitative estimate of drug-likeness (QED) is 0.229. The molecule has 7 heteroatoms. The summed E-state index contributed by atoms with van der Waals surface area (Å²) >= 11 is 2.01. The van der Waals surface area contributed by atoms with Crippen molar-refractivity contribution in [3.63, 3.8) is 0 Å². The monoisotopic (exact) mass is 480 g/mol. The van der Waals surface area contributed by atoms with Gasteiger partial charge in [0.15, 0.2) is 6.29 Å². The van der Waals surface area contributed by atoms with Crippen LogP contribution in [0.3, 0.4) is 0 Å². The molecule has 1 aliphatic heterocycles. The molecule has 2 fully saturated rings. The minimum Gasteiger partial charge on any atom is -0.348 e. The highest BCUT2D eigenvalue weighted by Crippen LogP contribution is 2.41. The average molecular weight is 481 g/mol. The van der Waals surface area contributed by atoms with Crippen LogP contribution in [-0.2, 0) is 14.3 Å². The van der Waals surface area contributed by atoms with Gasteiger partial charge in [-0.2, -0.15) is 8.78 Å². The predicted octanol–water partition coefficient (Wildman–Crippen LogP) is 7.46. The largest absolute Gasteiger partial charge is 0.348 e. The fourth-order valence-corrected chi connectivity index (χ4v) is 4.99. The van der Waals surface area contributed by atoms with Crippen molar-refractivity contribution in [2.75, 3.05) is 13.2 Å². The van der Waals surface area contributed by atoms with E-state index in [4.69, 9.17) is 9.47 Å². The van der Waals surface area contributed by atoms with E-state index in [1.54, 1.807) is 0 Å². The molecule has 0 atom stereocenters. The zero-order valence-electron chi connectivity index (χ0n) is 16.7. The molecule has 1 saturated carbocycles. The van der Waals surface area contributed by atoms with E-state index >= 15 is 0 Å². The normalized spacial score (nSPS) is 28.5. The summed E-state index contributed by atoms with van der Waals surface area (Å²) in [4.78, 5) is -3.77. The molecule has 0 aromatic heterocycles. The third-order valence-electron chi connectivity index (χ3n) is 6.32. The Morgan fingerprint density at radius 2 is 1.55 bits per heavy atom. The number of ether oxygens (including phenoxy) is 2. The van der Waals surface area contributed by atoms with Crippen LogP contribution in [0.15, 0.2) is 12.1 Å². The molecule has 3 rings (SSSR count). The van der Waals surface area contributed by atoms with E-state index in [0.29, 0.717) is 19.1 Å². The first-order chi connectivity index (χ1) is 13.8. The lowest BCUT2D eigenvalue weighted by molar-refractivity contribution is -0.215. The fourth-order valence-electron chi connectivity index (χ4n) is 4.61. The lowest BCUT2D eigenvalue weighted by atomic mass is 9.74. The first kappa shape index (κ1) is 23.0. The lowest BCUT2D eigenvalue weighted by Crippen LogP contribution is -2.34. The number of halogens is 5. The van der Waals surface area contributed by atoms with Gasteiger partial charge in [-0.05, 0) is 52.7 Å². The van der Waals surface area contributed by atoms with Crippen LogP contribution < -0.4 is 0 Å². The van der Waals surface area contributed by atoms with E-state index in [9.17, 15) is 17.6 Å². The van der Waals surface area contributed by atoms with Crippen molar-refractivity contribution in [2.24, 2.45) is 17.8 Å². The third-order valence-corrected chi connectivity index (χ3v) is 6.71. The fraction of sp³-hybridized carbons (Fsp3) is 0.727. The SMILES string of the molecule is CCCCCC1CCC(C2COC(c3cc(F)c(C(F)(F)Br)c(F)c3)OC2)CC1. The van der Waals surface area contributed by atoms with Gasteiger partial charge in [0.1, 0.15) is 17.2 Å². The van der Waals surface area contributed by atoms with Crippen molar-refractivity contribution < 1.29 is 27.0 Å². The van der Waals surface area contributed by atoms with Gasteiger partial charge < -0.3 is 9.47 Å². The zero-order chi connectivity index (χ0) is 21.0. The van der Waals surface area contributed by atoms with Crippen molar-refractivity contribution in [3.8, 4) is 0 Å². The molecule has 2 aliphatic rings. The van der Waals surface area contributed by atoms with Crippen molar-refractivity contribution in [3.05, 3.63) is 34.9 Å². The Labute approximate surface area is 178 Å². The topological polar surface area (TPSA) is 18.5 Å². The highest BCUT2D eigenvalue weighted by molar-refractivity contribution is 9.09. The van der Waals surface area contributed by atoms with E-state index < -0.39 is 28.3 Å². The second-order valence-corrected chi connectivity index (χ2v) is 9.39.